The maximum absolute atomic E-state index is 14.1. The van der Waals surface area contributed by atoms with E-state index in [-0.39, 0.29) is 11.8 Å². The van der Waals surface area contributed by atoms with Crippen molar-refractivity contribution in [2.45, 2.75) is 12.5 Å². The standard InChI is InChI=1S/C16H16F3NO/c1-20-14(10-6-7-12(17)13(18)8-10)9-11-4-3-5-15(21-2)16(11)19/h3-8,14,20H,9H2,1-2H3. The molecule has 1 unspecified atom stereocenters. The lowest BCUT2D eigenvalue weighted by molar-refractivity contribution is 0.383. The van der Waals surface area contributed by atoms with Crippen LogP contribution in [0.15, 0.2) is 36.4 Å². The molecule has 0 aliphatic rings. The van der Waals surface area contributed by atoms with E-state index in [2.05, 4.69) is 5.32 Å². The Kier molecular flexibility index (Phi) is 4.85. The second-order valence-electron chi connectivity index (χ2n) is 4.65. The molecule has 0 amide bonds. The summed E-state index contributed by atoms with van der Waals surface area (Å²) < 4.78 is 45.4. The third-order valence-corrected chi connectivity index (χ3v) is 3.38. The van der Waals surface area contributed by atoms with Crippen LogP contribution >= 0.6 is 0 Å². The molecule has 2 nitrogen and oxygen atoms in total. The van der Waals surface area contributed by atoms with Gasteiger partial charge in [-0.2, -0.15) is 0 Å². The second kappa shape index (κ2) is 6.63. The number of hydrogen-bond acceptors (Lipinski definition) is 2. The predicted molar refractivity (Wildman–Crippen MR) is 74.8 cm³/mol. The molecule has 21 heavy (non-hydrogen) atoms. The second-order valence-corrected chi connectivity index (χ2v) is 4.65. The maximum Gasteiger partial charge on any atom is 0.168 e. The molecule has 0 aromatic heterocycles. The number of rotatable bonds is 5. The summed E-state index contributed by atoms with van der Waals surface area (Å²) >= 11 is 0. The summed E-state index contributed by atoms with van der Waals surface area (Å²) in [5.74, 6) is -2.10. The van der Waals surface area contributed by atoms with Crippen molar-refractivity contribution in [2.75, 3.05) is 14.2 Å². The van der Waals surface area contributed by atoms with Crippen molar-refractivity contribution >= 4 is 0 Å². The molecule has 0 aliphatic carbocycles. The van der Waals surface area contributed by atoms with Gasteiger partial charge in [-0.3, -0.25) is 0 Å². The van der Waals surface area contributed by atoms with Crippen LogP contribution in [0, 0.1) is 17.5 Å². The molecule has 0 bridgehead atoms. The minimum atomic E-state index is -0.918. The summed E-state index contributed by atoms with van der Waals surface area (Å²) in [7, 11) is 3.08. The molecule has 0 aliphatic heterocycles. The molecule has 0 radical (unpaired) electrons. The number of halogens is 3. The highest BCUT2D eigenvalue weighted by Gasteiger charge is 2.16. The first-order valence-electron chi connectivity index (χ1n) is 6.50. The van der Waals surface area contributed by atoms with Gasteiger partial charge in [0.05, 0.1) is 7.11 Å². The van der Waals surface area contributed by atoms with E-state index in [4.69, 9.17) is 4.74 Å². The lowest BCUT2D eigenvalue weighted by Gasteiger charge is -2.18. The molecule has 0 spiro atoms. The van der Waals surface area contributed by atoms with E-state index >= 15 is 0 Å². The van der Waals surface area contributed by atoms with Crippen molar-refractivity contribution in [1.82, 2.24) is 5.32 Å². The summed E-state index contributed by atoms with van der Waals surface area (Å²) in [5.41, 5.74) is 0.997. The van der Waals surface area contributed by atoms with Crippen LogP contribution in [0.3, 0.4) is 0 Å². The van der Waals surface area contributed by atoms with E-state index in [0.29, 0.717) is 17.5 Å². The zero-order valence-electron chi connectivity index (χ0n) is 11.8. The molecule has 5 heteroatoms. The Bertz CT molecular complexity index is 631. The highest BCUT2D eigenvalue weighted by atomic mass is 19.2. The van der Waals surface area contributed by atoms with E-state index in [1.165, 1.54) is 19.2 Å². The van der Waals surface area contributed by atoms with Gasteiger partial charge >= 0.3 is 0 Å². The number of ether oxygens (including phenoxy) is 1. The molecule has 1 atom stereocenters. The van der Waals surface area contributed by atoms with Crippen molar-refractivity contribution in [3.05, 3.63) is 65.0 Å². The summed E-state index contributed by atoms with van der Waals surface area (Å²) in [6, 6.07) is 8.20. The lowest BCUT2D eigenvalue weighted by atomic mass is 9.98. The highest BCUT2D eigenvalue weighted by molar-refractivity contribution is 5.33. The van der Waals surface area contributed by atoms with Gasteiger partial charge in [0, 0.05) is 6.04 Å². The van der Waals surface area contributed by atoms with Crippen molar-refractivity contribution in [2.24, 2.45) is 0 Å². The summed E-state index contributed by atoms with van der Waals surface area (Å²) in [6.45, 7) is 0. The van der Waals surface area contributed by atoms with Gasteiger partial charge in [0.1, 0.15) is 0 Å². The van der Waals surface area contributed by atoms with Crippen LogP contribution in [0.2, 0.25) is 0 Å². The monoisotopic (exact) mass is 295 g/mol. The molecule has 1 N–H and O–H groups in total. The maximum atomic E-state index is 14.1. The smallest absolute Gasteiger partial charge is 0.168 e. The van der Waals surface area contributed by atoms with Crippen molar-refractivity contribution in [3.63, 3.8) is 0 Å². The number of likely N-dealkylation sites (N-methyl/N-ethyl adjacent to an activating group) is 1. The number of benzene rings is 2. The molecule has 0 fully saturated rings. The predicted octanol–water partition coefficient (Wildman–Crippen LogP) is 3.62. The van der Waals surface area contributed by atoms with E-state index in [1.807, 2.05) is 0 Å². The van der Waals surface area contributed by atoms with Crippen molar-refractivity contribution in [3.8, 4) is 5.75 Å². The molecular formula is C16H16F3NO. The van der Waals surface area contributed by atoms with E-state index in [9.17, 15) is 13.2 Å². The molecule has 2 aromatic carbocycles. The Hall–Kier alpha value is -2.01. The molecule has 112 valence electrons. The van der Waals surface area contributed by atoms with Crippen LogP contribution in [-0.4, -0.2) is 14.2 Å². The van der Waals surface area contributed by atoms with Crippen molar-refractivity contribution in [1.29, 1.82) is 0 Å². The third kappa shape index (κ3) is 3.36. The van der Waals surface area contributed by atoms with Gasteiger partial charge in [0.15, 0.2) is 23.2 Å². The molecule has 0 heterocycles. The summed E-state index contributed by atoms with van der Waals surface area (Å²) in [4.78, 5) is 0. The van der Waals surface area contributed by atoms with Gasteiger partial charge in [-0.05, 0) is 42.8 Å². The quantitative estimate of drug-likeness (QED) is 0.909. The van der Waals surface area contributed by atoms with E-state index in [1.54, 1.807) is 19.2 Å². The van der Waals surface area contributed by atoms with Gasteiger partial charge in [0.2, 0.25) is 0 Å². The summed E-state index contributed by atoms with van der Waals surface area (Å²) in [5, 5.41) is 2.98. The lowest BCUT2D eigenvalue weighted by Crippen LogP contribution is -2.19. The van der Waals surface area contributed by atoms with Gasteiger partial charge in [0.25, 0.3) is 0 Å². The molecule has 0 saturated carbocycles. The molecule has 2 aromatic rings. The fourth-order valence-corrected chi connectivity index (χ4v) is 2.21. The van der Waals surface area contributed by atoms with Crippen LogP contribution in [-0.2, 0) is 6.42 Å². The van der Waals surface area contributed by atoms with Crippen LogP contribution in [0.25, 0.3) is 0 Å². The van der Waals surface area contributed by atoms with Gasteiger partial charge in [-0.25, -0.2) is 13.2 Å². The fourth-order valence-electron chi connectivity index (χ4n) is 2.21. The normalized spacial score (nSPS) is 12.2. The molecular weight excluding hydrogens is 279 g/mol. The highest BCUT2D eigenvalue weighted by Crippen LogP contribution is 2.25. The summed E-state index contributed by atoms with van der Waals surface area (Å²) in [6.07, 6.45) is 0.296. The average molecular weight is 295 g/mol. The zero-order chi connectivity index (χ0) is 15.4. The van der Waals surface area contributed by atoms with Crippen LogP contribution in [0.5, 0.6) is 5.75 Å². The van der Waals surface area contributed by atoms with E-state index < -0.39 is 17.5 Å². The van der Waals surface area contributed by atoms with Gasteiger partial charge in [-0.1, -0.05) is 18.2 Å². The minimum Gasteiger partial charge on any atom is -0.494 e. The van der Waals surface area contributed by atoms with E-state index in [0.717, 1.165) is 12.1 Å². The molecule has 2 rings (SSSR count). The molecule has 0 saturated heterocycles. The van der Waals surface area contributed by atoms with Crippen LogP contribution in [0.4, 0.5) is 13.2 Å². The van der Waals surface area contributed by atoms with Gasteiger partial charge < -0.3 is 10.1 Å². The Morgan fingerprint density at radius 3 is 2.48 bits per heavy atom. The first-order valence-corrected chi connectivity index (χ1v) is 6.50. The Morgan fingerprint density at radius 1 is 1.10 bits per heavy atom. The zero-order valence-corrected chi connectivity index (χ0v) is 11.8. The largest absolute Gasteiger partial charge is 0.494 e. The number of nitrogens with one attached hydrogen (secondary N) is 1. The van der Waals surface area contributed by atoms with Gasteiger partial charge in [-0.15, -0.1) is 0 Å². The number of hydrogen-bond donors (Lipinski definition) is 1. The Balaban J connectivity index is 2.29. The van der Waals surface area contributed by atoms with Crippen LogP contribution in [0.1, 0.15) is 17.2 Å². The first-order chi connectivity index (χ1) is 10.1. The van der Waals surface area contributed by atoms with Crippen LogP contribution < -0.4 is 10.1 Å². The van der Waals surface area contributed by atoms with Crippen molar-refractivity contribution < 1.29 is 17.9 Å². The Morgan fingerprint density at radius 2 is 1.86 bits per heavy atom. The topological polar surface area (TPSA) is 21.3 Å². The Labute approximate surface area is 121 Å². The first kappa shape index (κ1) is 15.4. The third-order valence-electron chi connectivity index (χ3n) is 3.38. The average Bonchev–Trinajstić information content (AvgIpc) is 2.49. The fraction of sp³-hybridized carbons (Fsp3) is 0.250. The SMILES string of the molecule is CNC(Cc1cccc(OC)c1F)c1ccc(F)c(F)c1. The number of methoxy groups -OCH3 is 1. The minimum absolute atomic E-state index is 0.160.